The molecule has 32 heteroatoms. The Labute approximate surface area is 505 Å². The van der Waals surface area contributed by atoms with Crippen LogP contribution in [-0.4, -0.2) is 137 Å². The maximum atomic E-state index is 11.8. The Morgan fingerprint density at radius 3 is 1.09 bits per heavy atom. The van der Waals surface area contributed by atoms with Crippen LogP contribution in [-0.2, 0) is 0 Å². The summed E-state index contributed by atoms with van der Waals surface area (Å²) in [5.41, 5.74) is 42.3. The first-order valence-corrected chi connectivity index (χ1v) is 25.8. The summed E-state index contributed by atoms with van der Waals surface area (Å²) >= 11 is 0. The number of nitrogens with zero attached hydrogens (tertiary/aromatic N) is 16. The topological polar surface area (TPSA) is 546 Å². The molecule has 0 bridgehead atoms. The summed E-state index contributed by atoms with van der Waals surface area (Å²) in [6.07, 6.45) is 2.22. The van der Waals surface area contributed by atoms with E-state index < -0.39 is 23.9 Å². The second-order valence-electron chi connectivity index (χ2n) is 18.7. The summed E-state index contributed by atoms with van der Waals surface area (Å²) in [7, 11) is 0. The van der Waals surface area contributed by atoms with Crippen LogP contribution in [0.3, 0.4) is 0 Å². The smallest absolute Gasteiger partial charge is 0.356 e. The van der Waals surface area contributed by atoms with Gasteiger partial charge in [0, 0.05) is 46.0 Å². The number of carboxylic acids is 4. The Kier molecular flexibility index (Phi) is 17.6. The van der Waals surface area contributed by atoms with E-state index in [1.165, 1.54) is 68.7 Å². The van der Waals surface area contributed by atoms with Crippen LogP contribution in [0.15, 0.2) is 134 Å². The molecule has 32 nitrogen and oxygen atoms in total. The van der Waals surface area contributed by atoms with Gasteiger partial charge in [-0.1, -0.05) is 72.8 Å². The van der Waals surface area contributed by atoms with Gasteiger partial charge in [0.25, 0.3) is 0 Å². The maximum Gasteiger partial charge on any atom is 0.356 e. The van der Waals surface area contributed by atoms with Crippen molar-refractivity contribution in [1.29, 1.82) is 0 Å². The van der Waals surface area contributed by atoms with E-state index in [2.05, 4.69) is 70.7 Å². The number of hydrogen-bond donors (Lipinski definition) is 10. The zero-order valence-corrected chi connectivity index (χ0v) is 46.6. The highest BCUT2D eigenvalue weighted by atomic mass is 16.4. The number of rotatable bonds is 14. The summed E-state index contributed by atoms with van der Waals surface area (Å²) < 4.78 is 0. The van der Waals surface area contributed by atoms with Crippen LogP contribution in [0.2, 0.25) is 0 Å². The van der Waals surface area contributed by atoms with Crippen molar-refractivity contribution in [3.05, 3.63) is 168 Å². The van der Waals surface area contributed by atoms with Gasteiger partial charge < -0.3 is 54.8 Å². The van der Waals surface area contributed by atoms with Gasteiger partial charge >= 0.3 is 23.9 Å². The van der Waals surface area contributed by atoms with Gasteiger partial charge in [-0.05, 0) is 55.5 Å². The Balaban J connectivity index is 0.000000165. The number of aromatic nitrogens is 16. The monoisotopic (exact) mass is 1210 g/mol. The van der Waals surface area contributed by atoms with Crippen molar-refractivity contribution in [1.82, 2.24) is 80.7 Å². The van der Waals surface area contributed by atoms with E-state index in [1.807, 2.05) is 12.1 Å². The minimum absolute atomic E-state index is 0.0179. The summed E-state index contributed by atoms with van der Waals surface area (Å²) in [5.74, 6) is -5.12. The summed E-state index contributed by atoms with van der Waals surface area (Å²) in [6.45, 7) is 2.78. The van der Waals surface area contributed by atoms with Crippen molar-refractivity contribution >= 4 is 70.2 Å². The van der Waals surface area contributed by atoms with Crippen molar-refractivity contribution in [2.24, 2.45) is 0 Å². The number of benzene rings is 5. The fourth-order valence-electron chi connectivity index (χ4n) is 8.22. The lowest BCUT2D eigenvalue weighted by Gasteiger charge is -2.16. The number of nitrogen functional groups attached to an aromatic ring is 6. The summed E-state index contributed by atoms with van der Waals surface area (Å²) in [4.78, 5) is 102. The second-order valence-corrected chi connectivity index (χ2v) is 18.7. The van der Waals surface area contributed by atoms with Crippen molar-refractivity contribution in [2.45, 2.75) is 13.8 Å². The molecule has 90 heavy (non-hydrogen) atoms. The average molecular weight is 1210 g/mol. The number of hydrogen-bond acceptors (Lipinski definition) is 28. The third kappa shape index (κ3) is 13.5. The van der Waals surface area contributed by atoms with Crippen molar-refractivity contribution in [3.63, 3.8) is 0 Å². The number of aromatic carboxylic acids is 4. The molecule has 6 heterocycles. The number of carboxylic acid groups (broad SMARTS) is 4. The number of carbonyl (C=O) groups excluding carboxylic acids is 2. The zero-order valence-electron chi connectivity index (χ0n) is 46.6. The Morgan fingerprint density at radius 2 is 0.667 bits per heavy atom. The van der Waals surface area contributed by atoms with Gasteiger partial charge in [0.1, 0.15) is 41.1 Å². The van der Waals surface area contributed by atoms with Crippen LogP contribution >= 0.6 is 0 Å². The summed E-state index contributed by atoms with van der Waals surface area (Å²) in [6, 6.07) is 32.2. The molecule has 0 spiro atoms. The first-order valence-electron chi connectivity index (χ1n) is 25.8. The van der Waals surface area contributed by atoms with E-state index in [9.17, 15) is 39.0 Å². The van der Waals surface area contributed by atoms with E-state index in [4.69, 9.17) is 54.6 Å². The SMILES string of the molecule is CC(=O)c1ccc(-c2nc(-c3ccc(N)cc3)c(-c3ccc(C(=O)O)cc3)nc2-c2nncnc2N)cc1.CC(=O)c1nnc(-c2nc(N)c(-c3ccc(C(=O)O)cc3)nc2N)nn1.Nc1nc(-c2nncnc2C(=O)O)c(N)nc1-c1ccc(C(=O)O)cc1. The average Bonchev–Trinajstić information content (AvgIpc) is 0.802. The predicted molar refractivity (Wildman–Crippen MR) is 322 cm³/mol. The van der Waals surface area contributed by atoms with Gasteiger partial charge in [-0.15, -0.1) is 40.8 Å². The van der Waals surface area contributed by atoms with Crippen LogP contribution in [0.4, 0.5) is 34.8 Å². The van der Waals surface area contributed by atoms with Gasteiger partial charge in [-0.2, -0.15) is 0 Å². The number of anilines is 6. The lowest BCUT2D eigenvalue weighted by Crippen LogP contribution is -2.11. The first-order chi connectivity index (χ1) is 43.1. The molecule has 6 aromatic heterocycles. The molecule has 0 aliphatic heterocycles. The molecule has 0 atom stereocenters. The minimum atomic E-state index is -1.33. The van der Waals surface area contributed by atoms with Crippen LogP contribution < -0.4 is 34.4 Å². The van der Waals surface area contributed by atoms with Crippen molar-refractivity contribution in [3.8, 4) is 90.6 Å². The molecular weight excluding hydrogens is 1160 g/mol. The van der Waals surface area contributed by atoms with Gasteiger partial charge in [0.15, 0.2) is 52.0 Å². The lowest BCUT2D eigenvalue weighted by molar-refractivity contribution is 0.0681. The van der Waals surface area contributed by atoms with Crippen LogP contribution in [0.1, 0.15) is 76.4 Å². The van der Waals surface area contributed by atoms with E-state index in [0.717, 1.165) is 11.9 Å². The highest BCUT2D eigenvalue weighted by Gasteiger charge is 2.25. The molecule has 0 radical (unpaired) electrons. The van der Waals surface area contributed by atoms with Gasteiger partial charge in [0.05, 0.1) is 33.8 Å². The van der Waals surface area contributed by atoms with Gasteiger partial charge in [-0.3, -0.25) is 9.59 Å². The highest BCUT2D eigenvalue weighted by molar-refractivity contribution is 5.97. The van der Waals surface area contributed by atoms with Crippen molar-refractivity contribution < 1.29 is 49.2 Å². The molecule has 0 amide bonds. The normalized spacial score (nSPS) is 10.6. The minimum Gasteiger partial charge on any atom is -0.478 e. The third-order valence-electron chi connectivity index (χ3n) is 12.7. The predicted octanol–water partition coefficient (Wildman–Crippen LogP) is 5.41. The fraction of sp³-hybridized carbons (Fsp3) is 0.0345. The molecule has 0 unspecified atom stereocenters. The van der Waals surface area contributed by atoms with Gasteiger partial charge in [-0.25, -0.2) is 59.0 Å². The molecule has 11 aromatic rings. The second kappa shape index (κ2) is 26.1. The van der Waals surface area contributed by atoms with Gasteiger partial charge in [0.2, 0.25) is 17.4 Å². The molecule has 0 saturated carbocycles. The molecule has 11 rings (SSSR count). The third-order valence-corrected chi connectivity index (χ3v) is 12.7. The Morgan fingerprint density at radius 1 is 0.311 bits per heavy atom. The van der Waals surface area contributed by atoms with Crippen molar-refractivity contribution in [2.75, 3.05) is 34.4 Å². The maximum absolute atomic E-state index is 11.8. The van der Waals surface area contributed by atoms with E-state index in [0.29, 0.717) is 56.3 Å². The quantitative estimate of drug-likeness (QED) is 0.0480. The largest absolute Gasteiger partial charge is 0.478 e. The number of Topliss-reactive ketones (excluding diaryl/α,β-unsaturated/α-hetero) is 2. The molecule has 0 aliphatic rings. The first kappa shape index (κ1) is 60.9. The van der Waals surface area contributed by atoms with E-state index in [-0.39, 0.29) is 109 Å². The molecule has 0 fully saturated rings. The molecule has 446 valence electrons. The number of ketones is 2. The summed E-state index contributed by atoms with van der Waals surface area (Å²) in [5, 5.41) is 66.5. The molecule has 0 aliphatic carbocycles. The van der Waals surface area contributed by atoms with Crippen LogP contribution in [0.5, 0.6) is 0 Å². The number of carbonyl (C=O) groups is 6. The molecular formula is C58H44N22O10. The lowest BCUT2D eigenvalue weighted by atomic mass is 9.99. The van der Waals surface area contributed by atoms with Crippen LogP contribution in [0, 0.1) is 0 Å². The van der Waals surface area contributed by atoms with E-state index >= 15 is 0 Å². The number of nitrogens with two attached hydrogens (primary N) is 6. The Bertz CT molecular complexity index is 4520. The Hall–Kier alpha value is -13.7. The fourth-order valence-corrected chi connectivity index (χ4v) is 8.22. The van der Waals surface area contributed by atoms with Crippen LogP contribution in [0.25, 0.3) is 90.6 Å². The molecule has 0 saturated heterocycles. The zero-order chi connectivity index (χ0) is 64.5. The standard InChI is InChI=1S/C28H21N7O3.C15H12N8O3.C15H11N7O4/c1-15(36)16-2-4-18(5-3-16)24-25(26-27(30)31-14-32-35-26)34-23(17-6-8-20(9-7-17)28(37)38)22(33-24)19-10-12-21(29)13-11-19;1-6(24)13-20-22-14(23-21-13)10-12(17)18-9(11(16)19-10)7-2-4-8(5-3-7)15(25)26;16-12-8(6-1-3-7(4-2-6)14(23)24)20-13(17)10(21-12)9-11(15(25)26)18-5-19-22-9/h2-14H,29H2,1H3,(H,37,38)(H2,30,31,32);2-5H,1H3,(H2,16,19)(H2,17,18)(H,25,26);1-5H,(H2,16,21)(H2,17,20)(H,23,24)(H,25,26). The highest BCUT2D eigenvalue weighted by Crippen LogP contribution is 2.38. The van der Waals surface area contributed by atoms with E-state index in [1.54, 1.807) is 60.7 Å². The molecule has 5 aromatic carbocycles. The molecule has 16 N–H and O–H groups in total.